The first-order chi connectivity index (χ1) is 16.2. The summed E-state index contributed by atoms with van der Waals surface area (Å²) in [5.74, 6) is -5.27. The Balaban J connectivity index is 2.53. The lowest BCUT2D eigenvalue weighted by Gasteiger charge is -2.41. The molecule has 0 aliphatic carbocycles. The van der Waals surface area contributed by atoms with Crippen molar-refractivity contribution in [2.24, 2.45) is 5.92 Å². The first-order valence-corrected chi connectivity index (χ1v) is 6.43. The van der Waals surface area contributed by atoms with Crippen LogP contribution in [0.4, 0.5) is 5.82 Å². The van der Waals surface area contributed by atoms with E-state index in [1.165, 1.54) is 12.3 Å². The maximum absolute atomic E-state index is 12.8. The van der Waals surface area contributed by atoms with Gasteiger partial charge in [-0.2, -0.15) is 0 Å². The predicted molar refractivity (Wildman–Crippen MR) is 87.9 cm³/mol. The zero-order chi connectivity index (χ0) is 27.7. The first-order valence-electron chi connectivity index (χ1n) is 12.9. The van der Waals surface area contributed by atoms with E-state index in [4.69, 9.17) is 23.0 Å². The van der Waals surface area contributed by atoms with Gasteiger partial charge in [-0.1, -0.05) is 6.85 Å². The van der Waals surface area contributed by atoms with Gasteiger partial charge in [0.15, 0.2) is 0 Å². The zero-order valence-electron chi connectivity index (χ0n) is 24.7. The summed E-state index contributed by atoms with van der Waals surface area (Å²) >= 11 is 0. The molecule has 1 aliphatic heterocycles. The van der Waals surface area contributed by atoms with Gasteiger partial charge in [0.05, 0.1) is 15.5 Å². The highest BCUT2D eigenvalue weighted by Gasteiger charge is 2.33. The second kappa shape index (κ2) is 6.24. The van der Waals surface area contributed by atoms with Gasteiger partial charge in [-0.3, -0.25) is 4.79 Å². The third-order valence-electron chi connectivity index (χ3n) is 3.07. The van der Waals surface area contributed by atoms with Crippen molar-refractivity contribution in [2.75, 3.05) is 31.4 Å². The number of anilines is 1. The number of carbonyl (C=O) groups is 1. The van der Waals surface area contributed by atoms with E-state index in [-0.39, 0.29) is 20.8 Å². The van der Waals surface area contributed by atoms with Gasteiger partial charge in [-0.25, -0.2) is 16.5 Å². The molecule has 1 aliphatic rings. The van der Waals surface area contributed by atoms with E-state index in [9.17, 15) is 6.17 Å². The van der Waals surface area contributed by atoms with Gasteiger partial charge >= 0.3 is 5.91 Å². The molecule has 7 heteroatoms. The van der Waals surface area contributed by atoms with E-state index in [1.54, 1.807) is 0 Å². The molecule has 0 radical (unpaired) electrons. The largest absolute Gasteiger partial charge is 0.354 e. The summed E-state index contributed by atoms with van der Waals surface area (Å²) in [7, 11) is 0. The molecule has 3 heterocycles. The lowest BCUT2D eigenvalue weighted by molar-refractivity contribution is -0.130. The molecule has 7 nitrogen and oxygen atoms in total. The van der Waals surface area contributed by atoms with E-state index < -0.39 is 63.4 Å². The first kappa shape index (κ1) is 6.11. The lowest BCUT2D eigenvalue weighted by Crippen LogP contribution is -2.53. The number of nitrogens with zero attached hydrogens (tertiary/aromatic N) is 5. The molecular weight excluding hydrogens is 292 g/mol. The Morgan fingerprint density at radius 2 is 2.65 bits per heavy atom. The van der Waals surface area contributed by atoms with E-state index in [1.807, 2.05) is 0 Å². The van der Waals surface area contributed by atoms with Crippen molar-refractivity contribution in [1.82, 2.24) is 19.9 Å². The van der Waals surface area contributed by atoms with Crippen molar-refractivity contribution < 1.29 is 22.6 Å². The quantitative estimate of drug-likeness (QED) is 0.869. The molecule has 23 heavy (non-hydrogen) atoms. The third-order valence-corrected chi connectivity index (χ3v) is 3.07. The Morgan fingerprint density at radius 1 is 1.74 bits per heavy atom. The smallest absolute Gasteiger partial charge is 0.302 e. The van der Waals surface area contributed by atoms with Crippen LogP contribution in [0.2, 0.25) is 0 Å². The number of fused-ring (bicyclic) bond motifs is 1. The molecule has 2 aromatic rings. The van der Waals surface area contributed by atoms with E-state index >= 15 is 0 Å². The summed E-state index contributed by atoms with van der Waals surface area (Å²) in [6.45, 7) is -9.02. The van der Waals surface area contributed by atoms with E-state index in [0.717, 1.165) is 6.33 Å². The standard InChI is InChI=1S/C16H20N6O/c1-11-5-7-22(14(23)8-17-2)9-13(11)21(3)16-12-4-6-18-15(12)19-10-20-16/h4,6,10-11,13H,5,7-9H2,1,3H3,(H,18,19,20)/t11-,13+/m1/s1/i1D3,3D3,5D2,7D2,9D2,13D. The summed E-state index contributed by atoms with van der Waals surface area (Å²) in [5.41, 5.74) is 0.0268. The minimum Gasteiger partial charge on any atom is -0.354 e. The van der Waals surface area contributed by atoms with Gasteiger partial charge in [-0.15, -0.1) is 0 Å². The summed E-state index contributed by atoms with van der Waals surface area (Å²) < 4.78 is 108. The average molecular weight is 325 g/mol. The van der Waals surface area contributed by atoms with Crippen molar-refractivity contribution in [2.45, 2.75) is 19.2 Å². The number of aromatic nitrogens is 3. The molecule has 0 unspecified atom stereocenters. The molecule has 120 valence electrons. The van der Waals surface area contributed by atoms with Crippen LogP contribution in [-0.2, 0) is 4.79 Å². The van der Waals surface area contributed by atoms with E-state index in [0.29, 0.717) is 0 Å². The van der Waals surface area contributed by atoms with Crippen molar-refractivity contribution >= 4 is 22.8 Å². The fourth-order valence-corrected chi connectivity index (χ4v) is 2.00. The molecular formula is C16H20N6O. The van der Waals surface area contributed by atoms with Crippen LogP contribution in [-0.4, -0.2) is 58.3 Å². The number of likely N-dealkylation sites (N-methyl/N-ethyl adjacent to an activating group) is 1. The topological polar surface area (TPSA) is 69.5 Å². The molecule has 0 aromatic carbocycles. The number of H-pyrrole nitrogens is 1. The van der Waals surface area contributed by atoms with Crippen molar-refractivity contribution in [3.8, 4) is 0 Å². The SMILES string of the molecule is [2H]C([2H])([2H])[C@@H]1C([2H])([2H])C([2H])([2H])N(C(=O)C[N+]#[C-])C([2H])([2H])[C@]1([2H])N(c1ncnc2[nH]ccc12)C([2H])([2H])[2H]. The Bertz CT molecular complexity index is 1220. The lowest BCUT2D eigenvalue weighted by atomic mass is 9.92. The van der Waals surface area contributed by atoms with Crippen LogP contribution < -0.4 is 4.90 Å². The summed E-state index contributed by atoms with van der Waals surface area (Å²) in [4.78, 5) is 25.5. The molecule has 0 saturated carbocycles. The number of carbonyl (C=O) groups excluding carboxylic acids is 1. The Labute approximate surface area is 153 Å². The monoisotopic (exact) mass is 325 g/mol. The summed E-state index contributed by atoms with van der Waals surface area (Å²) in [6, 6.07) is -2.47. The van der Waals surface area contributed by atoms with Gasteiger partial charge < -0.3 is 19.6 Å². The molecule has 3 rings (SSSR count). The second-order valence-electron chi connectivity index (χ2n) is 4.50. The molecule has 1 fully saturated rings. The maximum Gasteiger partial charge on any atom is 0.302 e. The minimum absolute atomic E-state index is 0.0268. The van der Waals surface area contributed by atoms with Crippen LogP contribution >= 0.6 is 0 Å². The fraction of sp³-hybridized carbons (Fsp3) is 0.500. The summed E-state index contributed by atoms with van der Waals surface area (Å²) in [6.07, 6.45) is -1.55. The van der Waals surface area contributed by atoms with Crippen LogP contribution in [0.15, 0.2) is 18.6 Å². The fourth-order valence-electron chi connectivity index (χ4n) is 2.00. The van der Waals surface area contributed by atoms with Gasteiger partial charge in [0, 0.05) is 39.9 Å². The molecule has 0 spiro atoms. The van der Waals surface area contributed by atoms with Crippen LogP contribution in [0.3, 0.4) is 0 Å². The Hall–Kier alpha value is -2.62. The number of rotatable bonds is 3. The van der Waals surface area contributed by atoms with Crippen LogP contribution in [0.25, 0.3) is 15.9 Å². The number of nitrogens with one attached hydrogen (secondary N) is 1. The number of piperidine rings is 1. The minimum atomic E-state index is -3.83. The Kier molecular flexibility index (Phi) is 1.66. The molecule has 0 bridgehead atoms. The number of hydrogen-bond acceptors (Lipinski definition) is 4. The van der Waals surface area contributed by atoms with Gasteiger partial charge in [0.2, 0.25) is 0 Å². The van der Waals surface area contributed by atoms with Crippen molar-refractivity contribution in [3.05, 3.63) is 30.0 Å². The normalized spacial score (nSPS) is 40.4. The highest BCUT2D eigenvalue weighted by molar-refractivity contribution is 5.87. The summed E-state index contributed by atoms with van der Waals surface area (Å²) in [5, 5.41) is -0.0893. The zero-order valence-corrected chi connectivity index (χ0v) is 11.7. The Morgan fingerprint density at radius 3 is 3.43 bits per heavy atom. The highest BCUT2D eigenvalue weighted by atomic mass is 16.2. The van der Waals surface area contributed by atoms with Crippen LogP contribution in [0.5, 0.6) is 0 Å². The highest BCUT2D eigenvalue weighted by Crippen LogP contribution is 2.28. The average Bonchev–Trinajstić information content (AvgIpc) is 3.14. The number of likely N-dealkylation sites (tertiary alicyclic amines) is 1. The number of hydrogen-bond donors (Lipinski definition) is 1. The second-order valence-corrected chi connectivity index (χ2v) is 4.50. The molecule has 1 saturated heterocycles. The van der Waals surface area contributed by atoms with Crippen LogP contribution in [0, 0.1) is 12.5 Å². The maximum atomic E-state index is 12.8. The molecule has 1 N–H and O–H groups in total. The predicted octanol–water partition coefficient (Wildman–Crippen LogP) is 1.55. The molecule has 1 amide bonds. The number of aromatic amines is 1. The van der Waals surface area contributed by atoms with Crippen LogP contribution in [0.1, 0.15) is 31.0 Å². The van der Waals surface area contributed by atoms with Crippen molar-refractivity contribution in [1.29, 1.82) is 0 Å². The van der Waals surface area contributed by atoms with Gasteiger partial charge in [-0.05, 0) is 18.4 Å². The van der Waals surface area contributed by atoms with E-state index in [2.05, 4.69) is 19.8 Å². The van der Waals surface area contributed by atoms with Gasteiger partial charge in [0.1, 0.15) is 17.8 Å². The van der Waals surface area contributed by atoms with Gasteiger partial charge in [0.25, 0.3) is 6.54 Å². The number of amides is 1. The third kappa shape index (κ3) is 2.84. The van der Waals surface area contributed by atoms with Crippen molar-refractivity contribution in [3.63, 3.8) is 0 Å². The molecule has 2 atom stereocenters. The molecule has 2 aromatic heterocycles.